The molecule has 0 saturated carbocycles. The first-order valence-electron chi connectivity index (χ1n) is 8.93. The fourth-order valence-electron chi connectivity index (χ4n) is 2.38. The van der Waals surface area contributed by atoms with Crippen molar-refractivity contribution in [2.75, 3.05) is 32.7 Å². The fraction of sp³-hybridized carbons (Fsp3) is 0.238. The van der Waals surface area contributed by atoms with Crippen LogP contribution in [-0.2, 0) is 14.3 Å². The third-order valence-electron chi connectivity index (χ3n) is 3.94. The standard InChI is InChI=1S/C21H22N2O7/c1-13(24)15-6-9-17(18(10-15)28-3)29-12-20(26)30-11-19(25)23-16-7-4-14(5-8-16)21(27)22-2/h4-10H,11-12H2,1-3H3,(H,22,27)(H,23,25). The van der Waals surface area contributed by atoms with E-state index in [1.165, 1.54) is 33.2 Å². The number of rotatable bonds is 9. The van der Waals surface area contributed by atoms with Crippen LogP contribution in [0.3, 0.4) is 0 Å². The molecule has 0 spiro atoms. The van der Waals surface area contributed by atoms with Gasteiger partial charge in [0.05, 0.1) is 7.11 Å². The number of esters is 1. The molecule has 2 amide bonds. The van der Waals surface area contributed by atoms with Crippen molar-refractivity contribution >= 4 is 29.3 Å². The Labute approximate surface area is 173 Å². The number of Topliss-reactive ketones (excluding diaryl/α,β-unsaturated/α-hetero) is 1. The van der Waals surface area contributed by atoms with Crippen LogP contribution in [0.4, 0.5) is 5.69 Å². The van der Waals surface area contributed by atoms with E-state index in [1.807, 2.05) is 0 Å². The van der Waals surface area contributed by atoms with Crippen LogP contribution < -0.4 is 20.1 Å². The van der Waals surface area contributed by atoms with Gasteiger partial charge in [0, 0.05) is 23.9 Å². The molecule has 158 valence electrons. The Bertz CT molecular complexity index is 939. The summed E-state index contributed by atoms with van der Waals surface area (Å²) in [4.78, 5) is 46.6. The number of benzene rings is 2. The smallest absolute Gasteiger partial charge is 0.344 e. The molecule has 2 aromatic rings. The van der Waals surface area contributed by atoms with Gasteiger partial charge in [-0.25, -0.2) is 4.79 Å². The van der Waals surface area contributed by atoms with Crippen LogP contribution in [-0.4, -0.2) is 50.9 Å². The number of methoxy groups -OCH3 is 1. The molecule has 0 bridgehead atoms. The van der Waals surface area contributed by atoms with E-state index in [2.05, 4.69) is 10.6 Å². The molecule has 9 heteroatoms. The number of amides is 2. The third kappa shape index (κ3) is 6.33. The number of hydrogen-bond acceptors (Lipinski definition) is 7. The van der Waals surface area contributed by atoms with Crippen molar-refractivity contribution in [1.29, 1.82) is 0 Å². The van der Waals surface area contributed by atoms with Crippen molar-refractivity contribution in [1.82, 2.24) is 5.32 Å². The summed E-state index contributed by atoms with van der Waals surface area (Å²) in [5, 5.41) is 5.04. The highest BCUT2D eigenvalue weighted by molar-refractivity contribution is 5.96. The number of ether oxygens (including phenoxy) is 3. The first-order valence-corrected chi connectivity index (χ1v) is 8.93. The molecule has 0 aliphatic rings. The number of hydrogen-bond donors (Lipinski definition) is 2. The second-order valence-electron chi connectivity index (χ2n) is 6.08. The Morgan fingerprint density at radius 3 is 2.17 bits per heavy atom. The normalized spacial score (nSPS) is 9.97. The number of nitrogens with one attached hydrogen (secondary N) is 2. The molecule has 0 radical (unpaired) electrons. The molecule has 9 nitrogen and oxygen atoms in total. The first kappa shape index (κ1) is 22.4. The summed E-state index contributed by atoms with van der Waals surface area (Å²) >= 11 is 0. The Hall–Kier alpha value is -3.88. The van der Waals surface area contributed by atoms with Gasteiger partial charge in [0.2, 0.25) is 0 Å². The summed E-state index contributed by atoms with van der Waals surface area (Å²) < 4.78 is 15.4. The number of ketones is 1. The lowest BCUT2D eigenvalue weighted by Crippen LogP contribution is -2.24. The average molecular weight is 414 g/mol. The number of carbonyl (C=O) groups is 4. The lowest BCUT2D eigenvalue weighted by Gasteiger charge is -2.11. The molecule has 0 fully saturated rings. The van der Waals surface area contributed by atoms with Crippen molar-refractivity contribution in [2.24, 2.45) is 0 Å². The van der Waals surface area contributed by atoms with E-state index in [9.17, 15) is 19.2 Å². The zero-order valence-corrected chi connectivity index (χ0v) is 16.8. The minimum Gasteiger partial charge on any atom is -0.493 e. The SMILES string of the molecule is CNC(=O)c1ccc(NC(=O)COC(=O)COc2ccc(C(C)=O)cc2OC)cc1. The van der Waals surface area contributed by atoms with E-state index >= 15 is 0 Å². The lowest BCUT2D eigenvalue weighted by atomic mass is 10.1. The molecule has 0 saturated heterocycles. The van der Waals surface area contributed by atoms with Crippen LogP contribution in [0.1, 0.15) is 27.6 Å². The molecular formula is C21H22N2O7. The highest BCUT2D eigenvalue weighted by atomic mass is 16.6. The van der Waals surface area contributed by atoms with Gasteiger partial charge in [0.15, 0.2) is 30.5 Å². The monoisotopic (exact) mass is 414 g/mol. The van der Waals surface area contributed by atoms with Crippen molar-refractivity contribution in [3.05, 3.63) is 53.6 Å². The summed E-state index contributed by atoms with van der Waals surface area (Å²) in [5.41, 5.74) is 1.35. The third-order valence-corrected chi connectivity index (χ3v) is 3.94. The lowest BCUT2D eigenvalue weighted by molar-refractivity contribution is -0.149. The maximum Gasteiger partial charge on any atom is 0.344 e. The summed E-state index contributed by atoms with van der Waals surface area (Å²) in [6, 6.07) is 10.8. The van der Waals surface area contributed by atoms with Crippen LogP contribution in [0, 0.1) is 0 Å². The molecule has 2 aromatic carbocycles. The summed E-state index contributed by atoms with van der Waals surface area (Å²) in [6.07, 6.45) is 0. The van der Waals surface area contributed by atoms with Gasteiger partial charge in [0.1, 0.15) is 0 Å². The molecule has 0 atom stereocenters. The maximum absolute atomic E-state index is 11.9. The largest absolute Gasteiger partial charge is 0.493 e. The minimum absolute atomic E-state index is 0.131. The zero-order chi connectivity index (χ0) is 22.1. The molecule has 0 aliphatic carbocycles. The van der Waals surface area contributed by atoms with Gasteiger partial charge in [-0.15, -0.1) is 0 Å². The van der Waals surface area contributed by atoms with E-state index in [0.717, 1.165) is 0 Å². The van der Waals surface area contributed by atoms with Gasteiger partial charge in [-0.1, -0.05) is 0 Å². The predicted octanol–water partition coefficient (Wildman–Crippen LogP) is 1.82. The topological polar surface area (TPSA) is 120 Å². The van der Waals surface area contributed by atoms with Gasteiger partial charge in [-0.2, -0.15) is 0 Å². The van der Waals surface area contributed by atoms with Crippen molar-refractivity contribution in [3.8, 4) is 11.5 Å². The molecule has 0 aromatic heterocycles. The van der Waals surface area contributed by atoms with Crippen LogP contribution in [0.2, 0.25) is 0 Å². The average Bonchev–Trinajstić information content (AvgIpc) is 2.75. The fourth-order valence-corrected chi connectivity index (χ4v) is 2.38. The van der Waals surface area contributed by atoms with Crippen LogP contribution in [0.5, 0.6) is 11.5 Å². The molecule has 2 N–H and O–H groups in total. The van der Waals surface area contributed by atoms with Crippen molar-refractivity contribution < 1.29 is 33.4 Å². The Morgan fingerprint density at radius 1 is 0.900 bits per heavy atom. The summed E-state index contributed by atoms with van der Waals surface area (Å²) in [5.74, 6) is -1.10. The minimum atomic E-state index is -0.752. The van der Waals surface area contributed by atoms with Crippen molar-refractivity contribution in [2.45, 2.75) is 6.92 Å². The van der Waals surface area contributed by atoms with E-state index in [1.54, 1.807) is 30.3 Å². The van der Waals surface area contributed by atoms with Gasteiger partial charge in [0.25, 0.3) is 11.8 Å². The predicted molar refractivity (Wildman–Crippen MR) is 108 cm³/mol. The first-order chi connectivity index (χ1) is 14.3. The van der Waals surface area contributed by atoms with Crippen LogP contribution in [0.15, 0.2) is 42.5 Å². The zero-order valence-electron chi connectivity index (χ0n) is 16.8. The Kier molecular flexibility index (Phi) is 7.92. The molecular weight excluding hydrogens is 392 g/mol. The van der Waals surface area contributed by atoms with Gasteiger partial charge in [-0.05, 0) is 49.4 Å². The van der Waals surface area contributed by atoms with Crippen molar-refractivity contribution in [3.63, 3.8) is 0 Å². The number of anilines is 1. The second kappa shape index (κ2) is 10.6. The molecule has 30 heavy (non-hydrogen) atoms. The molecule has 0 unspecified atom stereocenters. The summed E-state index contributed by atoms with van der Waals surface area (Å²) in [6.45, 7) is 0.484. The van der Waals surface area contributed by atoms with Gasteiger partial charge < -0.3 is 24.8 Å². The van der Waals surface area contributed by atoms with E-state index < -0.39 is 25.1 Å². The van der Waals surface area contributed by atoms with Gasteiger partial charge >= 0.3 is 5.97 Å². The highest BCUT2D eigenvalue weighted by Gasteiger charge is 2.13. The van der Waals surface area contributed by atoms with E-state index in [-0.39, 0.29) is 17.4 Å². The highest BCUT2D eigenvalue weighted by Crippen LogP contribution is 2.28. The van der Waals surface area contributed by atoms with E-state index in [4.69, 9.17) is 14.2 Å². The Balaban J connectivity index is 1.81. The number of carbonyl (C=O) groups excluding carboxylic acids is 4. The van der Waals surface area contributed by atoms with E-state index in [0.29, 0.717) is 22.6 Å². The Morgan fingerprint density at radius 2 is 1.57 bits per heavy atom. The summed E-state index contributed by atoms with van der Waals surface area (Å²) in [7, 11) is 2.93. The maximum atomic E-state index is 11.9. The second-order valence-corrected chi connectivity index (χ2v) is 6.08. The molecule has 0 aliphatic heterocycles. The molecule has 0 heterocycles. The molecule has 2 rings (SSSR count). The van der Waals surface area contributed by atoms with Gasteiger partial charge in [-0.3, -0.25) is 14.4 Å². The van der Waals surface area contributed by atoms with Crippen LogP contribution in [0.25, 0.3) is 0 Å². The quantitative estimate of drug-likeness (QED) is 0.474. The van der Waals surface area contributed by atoms with Crippen LogP contribution >= 0.6 is 0 Å².